The van der Waals surface area contributed by atoms with E-state index in [1.807, 2.05) is 85.8 Å². The number of hydrogen-bond donors (Lipinski definition) is 1. The zero-order valence-corrected chi connectivity index (χ0v) is 31.6. The molecule has 1 unspecified atom stereocenters. The van der Waals surface area contributed by atoms with Gasteiger partial charge in [0.2, 0.25) is 5.52 Å². The molecule has 1 fully saturated rings. The standard InChI is InChI=1S/C38H45N2O9PS/c1-8-51-50(44,35(42)37(3,4)5)49-31-22-33(40-23-25(2)34(41)39-36(40)43)48-32(31)24-47-38(26-12-10-9-11-13-26,27-14-18-29(45-6)19-15-27)28-16-20-30(46-7)21-17-28/h9-21,23,31-33H,8,22,24H2,1-7H3,(H,39,41,43)/t31-,32+,33+,50?/m0/s1. The molecule has 0 spiro atoms. The third-order valence-corrected chi connectivity index (χ3v) is 13.6. The summed E-state index contributed by atoms with van der Waals surface area (Å²) in [7, 11) is 3.20. The predicted molar refractivity (Wildman–Crippen MR) is 198 cm³/mol. The minimum Gasteiger partial charge on any atom is -0.497 e. The molecule has 5 rings (SSSR count). The molecule has 1 aliphatic rings. The Morgan fingerprint density at radius 3 is 1.98 bits per heavy atom. The maximum atomic E-state index is 14.4. The van der Waals surface area contributed by atoms with E-state index in [1.165, 1.54) is 10.8 Å². The molecule has 4 aromatic rings. The minimum atomic E-state index is -3.95. The first-order valence-corrected chi connectivity index (χ1v) is 19.9. The average molecular weight is 737 g/mol. The number of nitrogens with zero attached hydrogens (tertiary/aromatic N) is 1. The lowest BCUT2D eigenvalue weighted by Crippen LogP contribution is -2.38. The van der Waals surface area contributed by atoms with Crippen LogP contribution in [0.5, 0.6) is 11.5 Å². The van der Waals surface area contributed by atoms with E-state index in [4.69, 9.17) is 23.5 Å². The fourth-order valence-corrected chi connectivity index (χ4v) is 10.8. The lowest BCUT2D eigenvalue weighted by atomic mass is 9.80. The highest BCUT2D eigenvalue weighted by Crippen LogP contribution is 2.65. The Hall–Kier alpha value is -3.93. The molecule has 3 aromatic carbocycles. The molecule has 0 amide bonds. The third-order valence-electron chi connectivity index (χ3n) is 8.74. The summed E-state index contributed by atoms with van der Waals surface area (Å²) in [6.45, 7) is 4.46. The van der Waals surface area contributed by atoms with Crippen LogP contribution in [0.1, 0.15) is 62.6 Å². The first-order chi connectivity index (χ1) is 24.2. The van der Waals surface area contributed by atoms with Crippen molar-refractivity contribution in [1.29, 1.82) is 0 Å². The first kappa shape index (κ1) is 38.3. The number of rotatable bonds is 14. The maximum Gasteiger partial charge on any atom is 0.330 e. The molecule has 1 aromatic heterocycles. The summed E-state index contributed by atoms with van der Waals surface area (Å²) in [4.78, 5) is 41.2. The van der Waals surface area contributed by atoms with E-state index in [0.29, 0.717) is 22.8 Å². The van der Waals surface area contributed by atoms with Crippen LogP contribution in [-0.2, 0) is 29.0 Å². The summed E-state index contributed by atoms with van der Waals surface area (Å²) in [5, 5.41) is 0. The molecule has 0 bridgehead atoms. The summed E-state index contributed by atoms with van der Waals surface area (Å²) in [5.41, 5.74) is -1.12. The van der Waals surface area contributed by atoms with E-state index in [-0.39, 0.29) is 13.0 Å². The van der Waals surface area contributed by atoms with E-state index >= 15 is 0 Å². The lowest BCUT2D eigenvalue weighted by molar-refractivity contribution is -0.119. The Morgan fingerprint density at radius 2 is 1.47 bits per heavy atom. The Morgan fingerprint density at radius 1 is 0.922 bits per heavy atom. The molecule has 2 heterocycles. The monoisotopic (exact) mass is 736 g/mol. The van der Waals surface area contributed by atoms with Gasteiger partial charge >= 0.3 is 12.3 Å². The Labute approximate surface area is 301 Å². The largest absolute Gasteiger partial charge is 0.497 e. The van der Waals surface area contributed by atoms with Gasteiger partial charge < -0.3 is 23.5 Å². The van der Waals surface area contributed by atoms with Crippen molar-refractivity contribution in [3.8, 4) is 11.5 Å². The molecule has 1 N–H and O–H groups in total. The number of hydrogen-bond acceptors (Lipinski definition) is 10. The highest BCUT2D eigenvalue weighted by Gasteiger charge is 2.49. The molecular weight excluding hydrogens is 691 g/mol. The fourth-order valence-electron chi connectivity index (χ4n) is 6.11. The zero-order chi connectivity index (χ0) is 37.0. The Bertz CT molecular complexity index is 1920. The van der Waals surface area contributed by atoms with Gasteiger partial charge in [-0.25, -0.2) is 4.79 Å². The van der Waals surface area contributed by atoms with Crippen LogP contribution in [0.4, 0.5) is 0 Å². The van der Waals surface area contributed by atoms with E-state index < -0.39 is 52.8 Å². The number of aromatic nitrogens is 2. The molecule has 272 valence electrons. The number of benzene rings is 3. The number of methoxy groups -OCH3 is 2. The van der Waals surface area contributed by atoms with E-state index in [2.05, 4.69) is 4.98 Å². The van der Waals surface area contributed by atoms with Crippen molar-refractivity contribution < 1.29 is 32.8 Å². The van der Waals surface area contributed by atoms with Gasteiger partial charge in [0.25, 0.3) is 5.56 Å². The van der Waals surface area contributed by atoms with Crippen molar-refractivity contribution in [2.24, 2.45) is 5.41 Å². The number of ether oxygens (including phenoxy) is 4. The topological polar surface area (TPSA) is 135 Å². The van der Waals surface area contributed by atoms with Gasteiger partial charge in [0, 0.05) is 29.3 Å². The second kappa shape index (κ2) is 15.8. The molecule has 0 radical (unpaired) electrons. The van der Waals surface area contributed by atoms with Crippen molar-refractivity contribution >= 4 is 23.5 Å². The second-order valence-corrected chi connectivity index (χ2v) is 17.9. The Balaban J connectivity index is 1.63. The third kappa shape index (κ3) is 8.10. The molecule has 11 nitrogen and oxygen atoms in total. The maximum absolute atomic E-state index is 14.4. The molecule has 0 aliphatic carbocycles. The SMILES string of the molecule is CCSP(=O)(O[C@H]1C[C@H](n2cc(C)c(=O)[nH]c2=O)O[C@@H]1COC(c1ccccc1)(c1ccc(OC)cc1)c1ccc(OC)cc1)C(=O)C(C)(C)C. The number of aromatic amines is 1. The van der Waals surface area contributed by atoms with Crippen LogP contribution in [0.3, 0.4) is 0 Å². The van der Waals surface area contributed by atoms with Crippen molar-refractivity contribution in [3.63, 3.8) is 0 Å². The van der Waals surface area contributed by atoms with E-state index in [9.17, 15) is 18.9 Å². The molecule has 13 heteroatoms. The van der Waals surface area contributed by atoms with Gasteiger partial charge in [-0.05, 0) is 47.9 Å². The minimum absolute atomic E-state index is 0.0640. The molecule has 4 atom stereocenters. The number of aryl methyl sites for hydroxylation is 1. The highest BCUT2D eigenvalue weighted by molar-refractivity contribution is 8.61. The average Bonchev–Trinajstić information content (AvgIpc) is 3.51. The summed E-state index contributed by atoms with van der Waals surface area (Å²) in [6.07, 6.45) is -1.24. The quantitative estimate of drug-likeness (QED) is 0.106. The van der Waals surface area contributed by atoms with Gasteiger partial charge in [0.1, 0.15) is 29.4 Å². The number of H-pyrrole nitrogens is 1. The number of nitrogens with one attached hydrogen (secondary N) is 1. The summed E-state index contributed by atoms with van der Waals surface area (Å²) < 4.78 is 46.6. The summed E-state index contributed by atoms with van der Waals surface area (Å²) >= 11 is 0.976. The summed E-state index contributed by atoms with van der Waals surface area (Å²) in [5.74, 6) is 1.71. The zero-order valence-electron chi connectivity index (χ0n) is 29.9. The van der Waals surface area contributed by atoms with Crippen LogP contribution in [0, 0.1) is 12.3 Å². The molecule has 1 saturated heterocycles. The normalized spacial score (nSPS) is 19.0. The van der Waals surface area contributed by atoms with Gasteiger partial charge in [-0.2, -0.15) is 0 Å². The first-order valence-electron chi connectivity index (χ1n) is 16.7. The summed E-state index contributed by atoms with van der Waals surface area (Å²) in [6, 6.07) is 24.9. The van der Waals surface area contributed by atoms with Crippen LogP contribution in [0.15, 0.2) is 94.6 Å². The number of carbonyl (C=O) groups is 1. The molecule has 51 heavy (non-hydrogen) atoms. The fraction of sp³-hybridized carbons (Fsp3) is 0.395. The Kier molecular flexibility index (Phi) is 11.8. The van der Waals surface area contributed by atoms with Crippen LogP contribution in [0.2, 0.25) is 0 Å². The van der Waals surface area contributed by atoms with Gasteiger partial charge in [-0.1, -0.05) is 93.7 Å². The van der Waals surface area contributed by atoms with E-state index in [0.717, 1.165) is 28.1 Å². The number of carbonyl (C=O) groups excluding carboxylic acids is 1. The van der Waals surface area contributed by atoms with Crippen molar-refractivity contribution in [2.45, 2.75) is 65.1 Å². The van der Waals surface area contributed by atoms with Gasteiger partial charge in [-0.15, -0.1) is 0 Å². The van der Waals surface area contributed by atoms with E-state index in [1.54, 1.807) is 41.9 Å². The molecule has 0 saturated carbocycles. The smallest absolute Gasteiger partial charge is 0.330 e. The van der Waals surface area contributed by atoms with Crippen molar-refractivity contribution in [1.82, 2.24) is 9.55 Å². The highest BCUT2D eigenvalue weighted by atomic mass is 32.7. The van der Waals surface area contributed by atoms with Crippen LogP contribution in [-0.4, -0.2) is 53.9 Å². The van der Waals surface area contributed by atoms with Crippen molar-refractivity contribution in [2.75, 3.05) is 26.6 Å². The van der Waals surface area contributed by atoms with Gasteiger partial charge in [0.15, 0.2) is 0 Å². The van der Waals surface area contributed by atoms with Gasteiger partial charge in [0.05, 0.1) is 26.9 Å². The molecular formula is C38H45N2O9PS. The van der Waals surface area contributed by atoms with Crippen LogP contribution >= 0.6 is 18.0 Å². The second-order valence-electron chi connectivity index (χ2n) is 13.3. The van der Waals surface area contributed by atoms with Crippen LogP contribution in [0.25, 0.3) is 0 Å². The predicted octanol–water partition coefficient (Wildman–Crippen LogP) is 7.06. The lowest BCUT2D eigenvalue weighted by Gasteiger charge is -2.37. The van der Waals surface area contributed by atoms with Gasteiger partial charge in [-0.3, -0.25) is 23.7 Å². The van der Waals surface area contributed by atoms with Crippen LogP contribution < -0.4 is 20.7 Å². The molecule has 1 aliphatic heterocycles. The van der Waals surface area contributed by atoms with Crippen molar-refractivity contribution in [3.05, 3.63) is 128 Å².